The molecule has 4 nitrogen and oxygen atoms in total. The number of unbranched alkanes of at least 4 members (excludes halogenated alkanes) is 6. The second-order valence-corrected chi connectivity index (χ2v) is 6.57. The summed E-state index contributed by atoms with van der Waals surface area (Å²) in [6, 6.07) is 0. The van der Waals surface area contributed by atoms with Crippen molar-refractivity contribution in [2.75, 3.05) is 6.61 Å². The average molecular weight is 331 g/mol. The first-order chi connectivity index (χ1) is 11.1. The van der Waals surface area contributed by atoms with Gasteiger partial charge in [-0.2, -0.15) is 0 Å². The van der Waals surface area contributed by atoms with Gasteiger partial charge in [-0.25, -0.2) is 0 Å². The molecule has 0 saturated carbocycles. The molecule has 4 heteroatoms. The summed E-state index contributed by atoms with van der Waals surface area (Å²) in [6.07, 6.45) is 11.9. The van der Waals surface area contributed by atoms with Crippen LogP contribution in [0.4, 0.5) is 0 Å². The molecule has 138 valence electrons. The summed E-state index contributed by atoms with van der Waals surface area (Å²) in [5, 5.41) is 19.4. The average Bonchev–Trinajstić information content (AvgIpc) is 2.51. The van der Waals surface area contributed by atoms with E-state index >= 15 is 0 Å². The van der Waals surface area contributed by atoms with Crippen LogP contribution in [0.2, 0.25) is 0 Å². The molecule has 0 rings (SSSR count). The molecule has 0 aliphatic heterocycles. The molecule has 2 N–H and O–H groups in total. The van der Waals surface area contributed by atoms with Gasteiger partial charge in [-0.1, -0.05) is 65.2 Å². The highest BCUT2D eigenvalue weighted by molar-refractivity contribution is 5.69. The van der Waals surface area contributed by atoms with Crippen LogP contribution < -0.4 is 0 Å². The first-order valence-electron chi connectivity index (χ1n) is 9.61. The van der Waals surface area contributed by atoms with E-state index in [9.17, 15) is 15.0 Å². The fraction of sp³-hybridized carbons (Fsp3) is 0.947. The fourth-order valence-electron chi connectivity index (χ4n) is 2.69. The molecule has 0 amide bonds. The maximum atomic E-state index is 11.3. The van der Waals surface area contributed by atoms with Crippen LogP contribution in [0.5, 0.6) is 0 Å². The number of ether oxygens (including phenoxy) is 1. The lowest BCUT2D eigenvalue weighted by Gasteiger charge is -2.10. The van der Waals surface area contributed by atoms with E-state index in [0.29, 0.717) is 13.0 Å². The summed E-state index contributed by atoms with van der Waals surface area (Å²) >= 11 is 0. The first-order valence-corrected chi connectivity index (χ1v) is 9.61. The number of aliphatic hydroxyl groups excluding tert-OH is 2. The van der Waals surface area contributed by atoms with E-state index in [1.807, 2.05) is 6.92 Å². The highest BCUT2D eigenvalue weighted by atomic mass is 16.5. The Morgan fingerprint density at radius 2 is 1.30 bits per heavy atom. The van der Waals surface area contributed by atoms with E-state index in [1.54, 1.807) is 0 Å². The SMILES string of the molecule is CCCOC(=O)CC(O)CCCCCCCCCC(O)CCC. The van der Waals surface area contributed by atoms with E-state index in [2.05, 4.69) is 6.92 Å². The molecule has 2 atom stereocenters. The zero-order valence-electron chi connectivity index (χ0n) is 15.3. The van der Waals surface area contributed by atoms with Crippen LogP contribution in [0.3, 0.4) is 0 Å². The number of carbonyl (C=O) groups excluding carboxylic acids is 1. The molecule has 0 aromatic heterocycles. The third-order valence-electron chi connectivity index (χ3n) is 4.07. The van der Waals surface area contributed by atoms with Gasteiger partial charge in [-0.05, 0) is 25.7 Å². The number of rotatable bonds is 16. The monoisotopic (exact) mass is 330 g/mol. The Hall–Kier alpha value is -0.610. The molecule has 0 bridgehead atoms. The highest BCUT2D eigenvalue weighted by Gasteiger charge is 2.11. The van der Waals surface area contributed by atoms with Gasteiger partial charge in [0.15, 0.2) is 0 Å². The van der Waals surface area contributed by atoms with Gasteiger partial charge < -0.3 is 14.9 Å². The lowest BCUT2D eigenvalue weighted by molar-refractivity contribution is -0.145. The molecule has 0 aliphatic rings. The van der Waals surface area contributed by atoms with Crippen LogP contribution >= 0.6 is 0 Å². The molecule has 0 radical (unpaired) electrons. The smallest absolute Gasteiger partial charge is 0.308 e. The van der Waals surface area contributed by atoms with Crippen molar-refractivity contribution in [2.24, 2.45) is 0 Å². The van der Waals surface area contributed by atoms with Gasteiger partial charge in [-0.3, -0.25) is 4.79 Å². The minimum atomic E-state index is -0.556. The maximum Gasteiger partial charge on any atom is 0.308 e. The number of aliphatic hydroxyl groups is 2. The van der Waals surface area contributed by atoms with Crippen molar-refractivity contribution in [3.8, 4) is 0 Å². The lowest BCUT2D eigenvalue weighted by Crippen LogP contribution is -2.16. The van der Waals surface area contributed by atoms with Crippen LogP contribution in [0.1, 0.15) is 97.3 Å². The minimum absolute atomic E-state index is 0.106. The Morgan fingerprint density at radius 1 is 0.783 bits per heavy atom. The van der Waals surface area contributed by atoms with Gasteiger partial charge in [0.2, 0.25) is 0 Å². The summed E-state index contributed by atoms with van der Waals surface area (Å²) < 4.78 is 4.96. The molecular weight excluding hydrogens is 292 g/mol. The Balaban J connectivity index is 3.30. The largest absolute Gasteiger partial charge is 0.466 e. The van der Waals surface area contributed by atoms with E-state index in [4.69, 9.17) is 4.74 Å². The summed E-state index contributed by atoms with van der Waals surface area (Å²) in [6.45, 7) is 4.51. The minimum Gasteiger partial charge on any atom is -0.466 e. The van der Waals surface area contributed by atoms with Gasteiger partial charge in [0.25, 0.3) is 0 Å². The summed E-state index contributed by atoms with van der Waals surface area (Å²) in [4.78, 5) is 11.3. The van der Waals surface area contributed by atoms with Gasteiger partial charge in [0.05, 0.1) is 25.2 Å². The maximum absolute atomic E-state index is 11.3. The Kier molecular flexibility index (Phi) is 15.8. The molecular formula is C19H38O4. The van der Waals surface area contributed by atoms with E-state index in [0.717, 1.165) is 44.9 Å². The van der Waals surface area contributed by atoms with Crippen LogP contribution in [-0.2, 0) is 9.53 Å². The molecule has 0 saturated heterocycles. The second kappa shape index (κ2) is 16.3. The Morgan fingerprint density at radius 3 is 1.83 bits per heavy atom. The molecule has 0 aromatic rings. The fourth-order valence-corrected chi connectivity index (χ4v) is 2.69. The van der Waals surface area contributed by atoms with Crippen molar-refractivity contribution in [2.45, 2.75) is 110 Å². The van der Waals surface area contributed by atoms with Crippen LogP contribution in [0, 0.1) is 0 Å². The molecule has 0 fully saturated rings. The number of hydrogen-bond donors (Lipinski definition) is 2. The lowest BCUT2D eigenvalue weighted by atomic mass is 10.0. The predicted molar refractivity (Wildman–Crippen MR) is 94.3 cm³/mol. The highest BCUT2D eigenvalue weighted by Crippen LogP contribution is 2.13. The molecule has 2 unspecified atom stereocenters. The van der Waals surface area contributed by atoms with Crippen molar-refractivity contribution in [1.29, 1.82) is 0 Å². The topological polar surface area (TPSA) is 66.8 Å². The predicted octanol–water partition coefficient (Wildman–Crippen LogP) is 4.36. The van der Waals surface area contributed by atoms with Crippen LogP contribution in [0.15, 0.2) is 0 Å². The number of esters is 1. The summed E-state index contributed by atoms with van der Waals surface area (Å²) in [5.41, 5.74) is 0. The molecule has 0 spiro atoms. The van der Waals surface area contributed by atoms with Crippen LogP contribution in [0.25, 0.3) is 0 Å². The Labute approximate surface area is 142 Å². The van der Waals surface area contributed by atoms with Gasteiger partial charge >= 0.3 is 5.97 Å². The van der Waals surface area contributed by atoms with Gasteiger partial charge in [0.1, 0.15) is 0 Å². The van der Waals surface area contributed by atoms with E-state index in [1.165, 1.54) is 25.7 Å². The molecule has 23 heavy (non-hydrogen) atoms. The molecule has 0 aliphatic carbocycles. The zero-order valence-corrected chi connectivity index (χ0v) is 15.3. The van der Waals surface area contributed by atoms with Gasteiger partial charge in [0, 0.05) is 0 Å². The Bertz CT molecular complexity index is 268. The van der Waals surface area contributed by atoms with Crippen molar-refractivity contribution in [1.82, 2.24) is 0 Å². The van der Waals surface area contributed by atoms with Crippen molar-refractivity contribution < 1.29 is 19.7 Å². The third-order valence-corrected chi connectivity index (χ3v) is 4.07. The number of hydrogen-bond acceptors (Lipinski definition) is 4. The van der Waals surface area contributed by atoms with Gasteiger partial charge in [-0.15, -0.1) is 0 Å². The van der Waals surface area contributed by atoms with Crippen molar-refractivity contribution in [3.05, 3.63) is 0 Å². The summed E-state index contributed by atoms with van der Waals surface area (Å²) in [7, 11) is 0. The normalized spacial score (nSPS) is 13.7. The van der Waals surface area contributed by atoms with E-state index < -0.39 is 6.10 Å². The third kappa shape index (κ3) is 16.0. The van der Waals surface area contributed by atoms with Crippen molar-refractivity contribution in [3.63, 3.8) is 0 Å². The van der Waals surface area contributed by atoms with E-state index in [-0.39, 0.29) is 18.5 Å². The zero-order chi connectivity index (χ0) is 17.3. The first kappa shape index (κ1) is 22.4. The number of carbonyl (C=O) groups is 1. The molecule has 0 heterocycles. The second-order valence-electron chi connectivity index (χ2n) is 6.57. The quantitative estimate of drug-likeness (QED) is 0.326. The van der Waals surface area contributed by atoms with Crippen molar-refractivity contribution >= 4 is 5.97 Å². The van der Waals surface area contributed by atoms with Crippen LogP contribution in [-0.4, -0.2) is 35.0 Å². The summed E-state index contributed by atoms with van der Waals surface area (Å²) in [5.74, 6) is -0.287. The molecule has 0 aromatic carbocycles. The standard InChI is InChI=1S/C19H38O4/c1-3-12-17(20)13-10-8-6-5-7-9-11-14-18(21)16-19(22)23-15-4-2/h17-18,20-21H,3-16H2,1-2H3.